The number of hydrogen-bond acceptors (Lipinski definition) is 3. The van der Waals surface area contributed by atoms with Gasteiger partial charge in [0.2, 0.25) is 5.91 Å². The number of rotatable bonds is 3. The van der Waals surface area contributed by atoms with Crippen LogP contribution >= 0.6 is 0 Å². The lowest BCUT2D eigenvalue weighted by Gasteiger charge is -2.21. The molecule has 0 bridgehead atoms. The van der Waals surface area contributed by atoms with E-state index in [1.54, 1.807) is 0 Å². The Bertz CT molecular complexity index is 579. The van der Waals surface area contributed by atoms with Crippen LogP contribution in [0.3, 0.4) is 0 Å². The molecule has 2 aliphatic rings. The van der Waals surface area contributed by atoms with Gasteiger partial charge in [0.25, 0.3) is 0 Å². The molecule has 4 heteroatoms. The highest BCUT2D eigenvalue weighted by Crippen LogP contribution is 2.26. The summed E-state index contributed by atoms with van der Waals surface area (Å²) in [6, 6.07) is 9.86. The largest absolute Gasteiger partial charge is 0.348 e. The number of hydrazine groups is 1. The second-order valence-corrected chi connectivity index (χ2v) is 5.98. The number of benzene rings is 1. The zero-order valence-corrected chi connectivity index (χ0v) is 12.9. The first kappa shape index (κ1) is 14.9. The summed E-state index contributed by atoms with van der Waals surface area (Å²) in [7, 11) is 0. The van der Waals surface area contributed by atoms with Crippen molar-refractivity contribution in [3.05, 3.63) is 59.8 Å². The summed E-state index contributed by atoms with van der Waals surface area (Å²) < 4.78 is 0. The monoisotopic (exact) mass is 297 g/mol. The molecule has 0 saturated carbocycles. The fraction of sp³-hybridized carbons (Fsp3) is 0.389. The van der Waals surface area contributed by atoms with Crippen LogP contribution in [-0.4, -0.2) is 11.9 Å². The number of nitrogens with one attached hydrogen (secondary N) is 3. The van der Waals surface area contributed by atoms with Gasteiger partial charge in [-0.15, -0.1) is 0 Å². The molecule has 4 nitrogen and oxygen atoms in total. The quantitative estimate of drug-likeness (QED) is 0.804. The third kappa shape index (κ3) is 3.22. The van der Waals surface area contributed by atoms with Crippen LogP contribution in [0.1, 0.15) is 37.8 Å². The molecule has 2 unspecified atom stereocenters. The van der Waals surface area contributed by atoms with Crippen molar-refractivity contribution in [2.24, 2.45) is 5.92 Å². The smallest absolute Gasteiger partial charge is 0.240 e. The Balaban J connectivity index is 1.67. The molecule has 116 valence electrons. The summed E-state index contributed by atoms with van der Waals surface area (Å²) in [6.45, 7) is 2.02. The predicted octanol–water partition coefficient (Wildman–Crippen LogP) is 2.58. The van der Waals surface area contributed by atoms with Crippen LogP contribution in [0.15, 0.2) is 54.3 Å². The van der Waals surface area contributed by atoms with E-state index < -0.39 is 0 Å². The van der Waals surface area contributed by atoms with Crippen LogP contribution in [0.2, 0.25) is 0 Å². The lowest BCUT2D eigenvalue weighted by atomic mass is 9.90. The fourth-order valence-corrected chi connectivity index (χ4v) is 3.12. The zero-order chi connectivity index (χ0) is 15.4. The van der Waals surface area contributed by atoms with Gasteiger partial charge in [-0.05, 0) is 37.8 Å². The van der Waals surface area contributed by atoms with E-state index in [2.05, 4.69) is 34.4 Å². The highest BCUT2D eigenvalue weighted by atomic mass is 16.2. The lowest BCUT2D eigenvalue weighted by molar-refractivity contribution is -0.124. The number of fused-ring (bicyclic) bond motifs is 1. The summed E-state index contributed by atoms with van der Waals surface area (Å²) in [5.41, 5.74) is 8.55. The summed E-state index contributed by atoms with van der Waals surface area (Å²) in [4.78, 5) is 12.6. The maximum Gasteiger partial charge on any atom is 0.240 e. The van der Waals surface area contributed by atoms with E-state index in [9.17, 15) is 4.79 Å². The first-order valence-corrected chi connectivity index (χ1v) is 7.99. The molecule has 1 aromatic carbocycles. The molecule has 3 rings (SSSR count). The number of carbonyl (C=O) groups is 1. The minimum absolute atomic E-state index is 0.0111. The molecule has 1 heterocycles. The highest BCUT2D eigenvalue weighted by Gasteiger charge is 2.36. The number of amides is 1. The number of hydrogen-bond donors (Lipinski definition) is 3. The van der Waals surface area contributed by atoms with Crippen molar-refractivity contribution < 1.29 is 4.79 Å². The second-order valence-electron chi connectivity index (χ2n) is 5.98. The van der Waals surface area contributed by atoms with Crippen LogP contribution in [-0.2, 0) is 4.79 Å². The molecule has 0 spiro atoms. The Kier molecular flexibility index (Phi) is 4.59. The molecule has 1 fully saturated rings. The van der Waals surface area contributed by atoms with E-state index in [1.807, 2.05) is 37.3 Å². The predicted molar refractivity (Wildman–Crippen MR) is 87.6 cm³/mol. The molecule has 1 amide bonds. The van der Waals surface area contributed by atoms with Gasteiger partial charge < -0.3 is 10.7 Å². The molecule has 1 aliphatic carbocycles. The van der Waals surface area contributed by atoms with Gasteiger partial charge in [0.1, 0.15) is 6.04 Å². The lowest BCUT2D eigenvalue weighted by Crippen LogP contribution is -2.46. The maximum absolute atomic E-state index is 12.6. The van der Waals surface area contributed by atoms with E-state index >= 15 is 0 Å². The Hall–Kier alpha value is -2.07. The zero-order valence-electron chi connectivity index (χ0n) is 12.9. The van der Waals surface area contributed by atoms with Crippen LogP contribution < -0.4 is 16.2 Å². The Morgan fingerprint density at radius 2 is 2.14 bits per heavy atom. The molecule has 1 saturated heterocycles. The molecule has 22 heavy (non-hydrogen) atoms. The summed E-state index contributed by atoms with van der Waals surface area (Å²) in [5, 5.41) is 3.12. The SMILES string of the molecule is C[C@@H](NC(=O)C1NNC2=CC=CCCCC21)c1ccccc1. The van der Waals surface area contributed by atoms with Crippen LogP contribution in [0.4, 0.5) is 0 Å². The first-order chi connectivity index (χ1) is 10.8. The van der Waals surface area contributed by atoms with Crippen molar-refractivity contribution in [2.45, 2.75) is 38.3 Å². The molecule has 3 atom stereocenters. The number of allylic oxidation sites excluding steroid dienone is 3. The molecular weight excluding hydrogens is 274 g/mol. The van der Waals surface area contributed by atoms with Gasteiger partial charge in [0, 0.05) is 11.6 Å². The van der Waals surface area contributed by atoms with Gasteiger partial charge >= 0.3 is 0 Å². The summed E-state index contributed by atoms with van der Waals surface area (Å²) in [5.74, 6) is 0.287. The molecule has 0 aromatic heterocycles. The van der Waals surface area contributed by atoms with Crippen LogP contribution in [0, 0.1) is 5.92 Å². The summed E-state index contributed by atoms with van der Waals surface area (Å²) >= 11 is 0. The standard InChI is InChI=1S/C18H23N3O/c1-13(14-9-5-4-6-10-14)19-18(22)17-15-11-7-2-3-8-12-16(15)20-21-17/h3-6,8-10,12-13,15,17,20-21H,2,7,11H2,1H3,(H,19,22)/t13-,15?,17?/m1/s1. The van der Waals surface area contributed by atoms with Crippen molar-refractivity contribution in [1.29, 1.82) is 0 Å². The Morgan fingerprint density at radius 1 is 1.32 bits per heavy atom. The topological polar surface area (TPSA) is 53.2 Å². The average Bonchev–Trinajstić information content (AvgIpc) is 2.90. The number of carbonyl (C=O) groups excluding carboxylic acids is 1. The molecular formula is C18H23N3O. The van der Waals surface area contributed by atoms with Crippen molar-refractivity contribution >= 4 is 5.91 Å². The van der Waals surface area contributed by atoms with E-state index in [0.717, 1.165) is 30.5 Å². The minimum Gasteiger partial charge on any atom is -0.348 e. The average molecular weight is 297 g/mol. The van der Waals surface area contributed by atoms with Crippen molar-refractivity contribution in [3.63, 3.8) is 0 Å². The van der Waals surface area contributed by atoms with Gasteiger partial charge in [-0.2, -0.15) is 0 Å². The van der Waals surface area contributed by atoms with Crippen LogP contribution in [0.5, 0.6) is 0 Å². The third-order valence-corrected chi connectivity index (χ3v) is 4.41. The molecule has 0 radical (unpaired) electrons. The Labute approximate surface area is 131 Å². The third-order valence-electron chi connectivity index (χ3n) is 4.41. The van der Waals surface area contributed by atoms with Crippen molar-refractivity contribution in [2.75, 3.05) is 0 Å². The van der Waals surface area contributed by atoms with Gasteiger partial charge in [0.05, 0.1) is 6.04 Å². The van der Waals surface area contributed by atoms with Crippen molar-refractivity contribution in [1.82, 2.24) is 16.2 Å². The summed E-state index contributed by atoms with van der Waals surface area (Å²) in [6.07, 6.45) is 9.53. The van der Waals surface area contributed by atoms with Gasteiger partial charge in [-0.1, -0.05) is 42.5 Å². The minimum atomic E-state index is -0.205. The van der Waals surface area contributed by atoms with Crippen molar-refractivity contribution in [3.8, 4) is 0 Å². The van der Waals surface area contributed by atoms with E-state index in [0.29, 0.717) is 0 Å². The first-order valence-electron chi connectivity index (χ1n) is 7.99. The van der Waals surface area contributed by atoms with E-state index in [-0.39, 0.29) is 23.9 Å². The van der Waals surface area contributed by atoms with Gasteiger partial charge in [-0.3, -0.25) is 4.79 Å². The van der Waals surface area contributed by atoms with E-state index in [4.69, 9.17) is 0 Å². The van der Waals surface area contributed by atoms with Gasteiger partial charge in [-0.25, -0.2) is 5.43 Å². The normalized spacial score (nSPS) is 25.2. The maximum atomic E-state index is 12.6. The fourth-order valence-electron chi connectivity index (χ4n) is 3.12. The molecule has 1 aromatic rings. The van der Waals surface area contributed by atoms with Crippen LogP contribution in [0.25, 0.3) is 0 Å². The highest BCUT2D eigenvalue weighted by molar-refractivity contribution is 5.83. The van der Waals surface area contributed by atoms with Gasteiger partial charge in [0.15, 0.2) is 0 Å². The Morgan fingerprint density at radius 3 is 2.95 bits per heavy atom. The molecule has 3 N–H and O–H groups in total. The second kappa shape index (κ2) is 6.79. The molecule has 1 aliphatic heterocycles. The van der Waals surface area contributed by atoms with E-state index in [1.165, 1.54) is 0 Å².